The maximum atomic E-state index is 12.0. The van der Waals surface area contributed by atoms with Gasteiger partial charge >= 0.3 is 0 Å². The molecule has 0 bridgehead atoms. The Morgan fingerprint density at radius 1 is 1.33 bits per heavy atom. The van der Waals surface area contributed by atoms with Crippen molar-refractivity contribution in [1.82, 2.24) is 0 Å². The van der Waals surface area contributed by atoms with Gasteiger partial charge in [-0.25, -0.2) is 0 Å². The summed E-state index contributed by atoms with van der Waals surface area (Å²) < 4.78 is 0. The van der Waals surface area contributed by atoms with Gasteiger partial charge in [-0.3, -0.25) is 4.79 Å². The molecule has 0 fully saturated rings. The number of anilines is 1. The standard InChI is InChI=1S/C15H13NOS/c1-4-12-6-5-7-13(9-12)16-15(17)14-8-10(2)11(3)18-14/h1,5-9H,2-3H3,(H,16,17). The normalized spacial score (nSPS) is 9.83. The summed E-state index contributed by atoms with van der Waals surface area (Å²) in [5, 5.41) is 2.85. The number of rotatable bonds is 2. The third-order valence-electron chi connectivity index (χ3n) is 2.68. The first-order valence-electron chi connectivity index (χ1n) is 5.55. The van der Waals surface area contributed by atoms with Crippen LogP contribution in [0.5, 0.6) is 0 Å². The lowest BCUT2D eigenvalue weighted by Crippen LogP contribution is -2.10. The molecule has 90 valence electrons. The van der Waals surface area contributed by atoms with Crippen LogP contribution < -0.4 is 5.32 Å². The van der Waals surface area contributed by atoms with Crippen LogP contribution in [0.4, 0.5) is 5.69 Å². The fourth-order valence-corrected chi connectivity index (χ4v) is 2.49. The zero-order chi connectivity index (χ0) is 13.1. The van der Waals surface area contributed by atoms with E-state index in [4.69, 9.17) is 6.42 Å². The molecule has 18 heavy (non-hydrogen) atoms. The molecule has 2 rings (SSSR count). The second-order valence-electron chi connectivity index (χ2n) is 4.03. The number of hydrogen-bond acceptors (Lipinski definition) is 2. The van der Waals surface area contributed by atoms with Crippen molar-refractivity contribution < 1.29 is 4.79 Å². The quantitative estimate of drug-likeness (QED) is 0.816. The van der Waals surface area contributed by atoms with Crippen LogP contribution in [0.25, 0.3) is 0 Å². The number of carbonyl (C=O) groups excluding carboxylic acids is 1. The van der Waals surface area contributed by atoms with Gasteiger partial charge in [0.05, 0.1) is 4.88 Å². The summed E-state index contributed by atoms with van der Waals surface area (Å²) in [5.74, 6) is 2.45. The van der Waals surface area contributed by atoms with Gasteiger partial charge in [-0.15, -0.1) is 17.8 Å². The van der Waals surface area contributed by atoms with E-state index in [2.05, 4.69) is 11.2 Å². The fourth-order valence-electron chi connectivity index (χ4n) is 1.56. The average molecular weight is 255 g/mol. The highest BCUT2D eigenvalue weighted by Gasteiger charge is 2.10. The summed E-state index contributed by atoms with van der Waals surface area (Å²) in [5.41, 5.74) is 2.62. The smallest absolute Gasteiger partial charge is 0.265 e. The van der Waals surface area contributed by atoms with Gasteiger partial charge in [0.25, 0.3) is 5.91 Å². The molecule has 3 heteroatoms. The molecule has 1 amide bonds. The summed E-state index contributed by atoms with van der Waals surface area (Å²) in [4.78, 5) is 13.9. The Labute approximate surface area is 111 Å². The third-order valence-corrected chi connectivity index (χ3v) is 3.83. The van der Waals surface area contributed by atoms with Crippen LogP contribution in [0, 0.1) is 26.2 Å². The Kier molecular flexibility index (Phi) is 3.50. The first kappa shape index (κ1) is 12.4. The van der Waals surface area contributed by atoms with E-state index >= 15 is 0 Å². The maximum Gasteiger partial charge on any atom is 0.265 e. The molecular formula is C15H13NOS. The van der Waals surface area contributed by atoms with E-state index in [1.165, 1.54) is 11.3 Å². The van der Waals surface area contributed by atoms with Crippen LogP contribution in [0.1, 0.15) is 25.7 Å². The molecule has 0 unspecified atom stereocenters. The highest BCUT2D eigenvalue weighted by Crippen LogP contribution is 2.21. The summed E-state index contributed by atoms with van der Waals surface area (Å²) in [7, 11) is 0. The van der Waals surface area contributed by atoms with Crippen molar-refractivity contribution in [2.45, 2.75) is 13.8 Å². The van der Waals surface area contributed by atoms with Crippen molar-refractivity contribution in [2.75, 3.05) is 5.32 Å². The number of benzene rings is 1. The van der Waals surface area contributed by atoms with Crippen molar-refractivity contribution >= 4 is 22.9 Å². The molecule has 0 saturated heterocycles. The summed E-state index contributed by atoms with van der Waals surface area (Å²) >= 11 is 1.50. The third kappa shape index (κ3) is 2.61. The average Bonchev–Trinajstić information content (AvgIpc) is 2.70. The van der Waals surface area contributed by atoms with Gasteiger partial charge in [0.1, 0.15) is 0 Å². The predicted octanol–water partition coefficient (Wildman–Crippen LogP) is 3.60. The van der Waals surface area contributed by atoms with E-state index in [9.17, 15) is 4.79 Å². The van der Waals surface area contributed by atoms with E-state index in [1.54, 1.807) is 6.07 Å². The Balaban J connectivity index is 2.19. The van der Waals surface area contributed by atoms with Crippen LogP contribution in [-0.4, -0.2) is 5.91 Å². The van der Waals surface area contributed by atoms with Crippen LogP contribution in [0.3, 0.4) is 0 Å². The predicted molar refractivity (Wildman–Crippen MR) is 76.1 cm³/mol. The largest absolute Gasteiger partial charge is 0.321 e. The topological polar surface area (TPSA) is 29.1 Å². The highest BCUT2D eigenvalue weighted by molar-refractivity contribution is 7.14. The van der Waals surface area contributed by atoms with Gasteiger partial charge in [0.15, 0.2) is 0 Å². The lowest BCUT2D eigenvalue weighted by Gasteiger charge is -2.03. The first-order chi connectivity index (χ1) is 8.60. The maximum absolute atomic E-state index is 12.0. The molecular weight excluding hydrogens is 242 g/mol. The lowest BCUT2D eigenvalue weighted by molar-refractivity contribution is 0.103. The van der Waals surface area contributed by atoms with Crippen LogP contribution in [-0.2, 0) is 0 Å². The zero-order valence-corrected chi connectivity index (χ0v) is 11.1. The molecule has 0 saturated carbocycles. The summed E-state index contributed by atoms with van der Waals surface area (Å²) in [6, 6.07) is 9.17. The molecule has 0 aliphatic carbocycles. The van der Waals surface area contributed by atoms with E-state index < -0.39 is 0 Å². The number of nitrogens with one attached hydrogen (secondary N) is 1. The van der Waals surface area contributed by atoms with E-state index in [1.807, 2.05) is 38.1 Å². The molecule has 0 atom stereocenters. The monoisotopic (exact) mass is 255 g/mol. The van der Waals surface area contributed by atoms with Gasteiger partial charge in [-0.1, -0.05) is 12.0 Å². The number of thiophene rings is 1. The molecule has 0 aliphatic rings. The fraction of sp³-hybridized carbons (Fsp3) is 0.133. The molecule has 1 aromatic carbocycles. The number of aryl methyl sites for hydroxylation is 2. The Hall–Kier alpha value is -2.05. The van der Waals surface area contributed by atoms with E-state index in [0.29, 0.717) is 0 Å². The van der Waals surface area contributed by atoms with Gasteiger partial charge in [0, 0.05) is 16.1 Å². The number of terminal acetylenes is 1. The zero-order valence-electron chi connectivity index (χ0n) is 10.3. The van der Waals surface area contributed by atoms with Crippen molar-refractivity contribution in [1.29, 1.82) is 0 Å². The minimum absolute atomic E-state index is 0.0922. The Morgan fingerprint density at radius 2 is 2.11 bits per heavy atom. The minimum Gasteiger partial charge on any atom is -0.321 e. The van der Waals surface area contributed by atoms with Crippen molar-refractivity contribution in [2.24, 2.45) is 0 Å². The highest BCUT2D eigenvalue weighted by atomic mass is 32.1. The lowest BCUT2D eigenvalue weighted by atomic mass is 10.2. The van der Waals surface area contributed by atoms with Crippen LogP contribution in [0.2, 0.25) is 0 Å². The number of hydrogen-bond donors (Lipinski definition) is 1. The van der Waals surface area contributed by atoms with Crippen molar-refractivity contribution in [3.63, 3.8) is 0 Å². The second-order valence-corrected chi connectivity index (χ2v) is 5.29. The summed E-state index contributed by atoms with van der Waals surface area (Å²) in [6.07, 6.45) is 5.32. The van der Waals surface area contributed by atoms with Crippen LogP contribution >= 0.6 is 11.3 Å². The molecule has 1 aromatic heterocycles. The second kappa shape index (κ2) is 5.07. The van der Waals surface area contributed by atoms with Gasteiger partial charge in [-0.05, 0) is 43.7 Å². The molecule has 2 nitrogen and oxygen atoms in total. The van der Waals surface area contributed by atoms with Crippen molar-refractivity contribution in [3.8, 4) is 12.3 Å². The molecule has 0 aliphatic heterocycles. The van der Waals surface area contributed by atoms with Crippen molar-refractivity contribution in [3.05, 3.63) is 51.2 Å². The Bertz CT molecular complexity index is 615. The minimum atomic E-state index is -0.0922. The molecule has 1 heterocycles. The van der Waals surface area contributed by atoms with E-state index in [-0.39, 0.29) is 5.91 Å². The molecule has 1 N–H and O–H groups in total. The van der Waals surface area contributed by atoms with Gasteiger partial charge < -0.3 is 5.32 Å². The SMILES string of the molecule is C#Cc1cccc(NC(=O)c2cc(C)c(C)s2)c1. The molecule has 2 aromatic rings. The van der Waals surface area contributed by atoms with Gasteiger partial charge in [-0.2, -0.15) is 0 Å². The van der Waals surface area contributed by atoms with Crippen LogP contribution in [0.15, 0.2) is 30.3 Å². The number of amides is 1. The van der Waals surface area contributed by atoms with E-state index in [0.717, 1.165) is 26.6 Å². The molecule has 0 spiro atoms. The summed E-state index contributed by atoms with van der Waals surface area (Å²) in [6.45, 7) is 4.01. The Morgan fingerprint density at radius 3 is 2.72 bits per heavy atom. The first-order valence-corrected chi connectivity index (χ1v) is 6.37. The number of carbonyl (C=O) groups is 1. The molecule has 0 radical (unpaired) electrons. The van der Waals surface area contributed by atoms with Gasteiger partial charge in [0.2, 0.25) is 0 Å².